The second-order valence-corrected chi connectivity index (χ2v) is 8.34. The van der Waals surface area contributed by atoms with Crippen molar-refractivity contribution in [3.05, 3.63) is 35.0 Å². The van der Waals surface area contributed by atoms with Crippen molar-refractivity contribution in [3.63, 3.8) is 0 Å². The first kappa shape index (κ1) is 31.0. The molecule has 0 unspecified atom stereocenters. The zero-order valence-electron chi connectivity index (χ0n) is 22.0. The fraction of sp³-hybridized carbons (Fsp3) is 0.680. The van der Waals surface area contributed by atoms with E-state index < -0.39 is 0 Å². The number of hydrogen-bond donors (Lipinski definition) is 1. The Morgan fingerprint density at radius 3 is 2.22 bits per heavy atom. The molecule has 36 heavy (non-hydrogen) atoms. The Morgan fingerprint density at radius 2 is 1.56 bits per heavy atom. The molecule has 0 amide bonds. The van der Waals surface area contributed by atoms with Gasteiger partial charge in [-0.05, 0) is 5.53 Å². The standard InChI is InChI=1S/C25H42BN7O3/c1-4-6-8-13-17-34-22-19-23(35-18-14-9-7-5-2)25(31-26-27)24(20-22)36-21(3)32-29-15-11-10-12-16-30-33-28/h19-20H,3-18,27H2,1-2H3. The van der Waals surface area contributed by atoms with E-state index in [4.69, 9.17) is 25.4 Å². The summed E-state index contributed by atoms with van der Waals surface area (Å²) in [7, 11) is 1.21. The fourth-order valence-corrected chi connectivity index (χ4v) is 3.32. The van der Waals surface area contributed by atoms with Crippen LogP contribution in [0.3, 0.4) is 0 Å². The molecule has 0 saturated heterocycles. The molecule has 2 N–H and O–H groups in total. The van der Waals surface area contributed by atoms with Crippen LogP contribution in [0.15, 0.2) is 44.8 Å². The Bertz CT molecular complexity index is 858. The summed E-state index contributed by atoms with van der Waals surface area (Å²) in [5.41, 5.74) is 14.4. The summed E-state index contributed by atoms with van der Waals surface area (Å²) in [4.78, 5) is 7.02. The first-order chi connectivity index (χ1) is 17.7. The van der Waals surface area contributed by atoms with E-state index in [0.717, 1.165) is 51.4 Å². The first-order valence-electron chi connectivity index (χ1n) is 13.1. The van der Waals surface area contributed by atoms with Crippen LogP contribution < -0.4 is 19.9 Å². The van der Waals surface area contributed by atoms with Gasteiger partial charge in [-0.15, -0.1) is 0 Å². The Hall–Kier alpha value is -3.07. The van der Waals surface area contributed by atoms with Crippen LogP contribution in [0.1, 0.15) is 84.5 Å². The van der Waals surface area contributed by atoms with Gasteiger partial charge in [0.15, 0.2) is 0 Å². The van der Waals surface area contributed by atoms with Gasteiger partial charge in [0, 0.05) is 4.91 Å². The van der Waals surface area contributed by atoms with Gasteiger partial charge in [0.2, 0.25) is 0 Å². The van der Waals surface area contributed by atoms with Crippen molar-refractivity contribution in [2.45, 2.75) is 84.5 Å². The Labute approximate surface area is 216 Å². The molecular weight excluding hydrogens is 457 g/mol. The quantitative estimate of drug-likeness (QED) is 0.0434. The van der Waals surface area contributed by atoms with Crippen molar-refractivity contribution >= 4 is 12.9 Å². The van der Waals surface area contributed by atoms with Gasteiger partial charge in [-0.3, -0.25) is 0 Å². The SMILES string of the molecule is C=C(N=NCCCCCN=[N+]=[N-])Oc1cc(OCCCCCC)cc(OCCCCCC)c1N=BN. The molecule has 0 aliphatic rings. The van der Waals surface area contributed by atoms with Crippen molar-refractivity contribution in [3.8, 4) is 17.2 Å². The molecule has 0 aliphatic heterocycles. The van der Waals surface area contributed by atoms with E-state index in [0.29, 0.717) is 49.2 Å². The van der Waals surface area contributed by atoms with Gasteiger partial charge in [0.05, 0.1) is 0 Å². The second kappa shape index (κ2) is 21.2. The molecule has 198 valence electrons. The second-order valence-electron chi connectivity index (χ2n) is 8.34. The molecule has 0 spiro atoms. The fourth-order valence-electron chi connectivity index (χ4n) is 3.32. The van der Waals surface area contributed by atoms with E-state index >= 15 is 0 Å². The molecule has 0 saturated carbocycles. The van der Waals surface area contributed by atoms with Gasteiger partial charge in [0.1, 0.15) is 0 Å². The van der Waals surface area contributed by atoms with Crippen molar-refractivity contribution < 1.29 is 14.2 Å². The van der Waals surface area contributed by atoms with Crippen LogP contribution >= 0.6 is 0 Å². The minimum atomic E-state index is 0.131. The normalized spacial score (nSPS) is 10.8. The van der Waals surface area contributed by atoms with Gasteiger partial charge >= 0.3 is 200 Å². The van der Waals surface area contributed by atoms with Crippen molar-refractivity contribution in [1.29, 1.82) is 0 Å². The van der Waals surface area contributed by atoms with E-state index in [1.165, 1.54) is 26.5 Å². The number of azo groups is 1. The topological polar surface area (TPSA) is 140 Å². The van der Waals surface area contributed by atoms with Gasteiger partial charge in [-0.25, -0.2) is 0 Å². The van der Waals surface area contributed by atoms with Crippen molar-refractivity contribution in [2.75, 3.05) is 26.3 Å². The summed E-state index contributed by atoms with van der Waals surface area (Å²) in [6.07, 6.45) is 11.4. The zero-order chi connectivity index (χ0) is 26.3. The molecular formula is C25H42BN7O3. The predicted octanol–water partition coefficient (Wildman–Crippen LogP) is 7.78. The average Bonchev–Trinajstić information content (AvgIpc) is 2.87. The van der Waals surface area contributed by atoms with Crippen LogP contribution in [-0.4, -0.2) is 33.5 Å². The monoisotopic (exact) mass is 499 g/mol. The molecule has 0 fully saturated rings. The minimum absolute atomic E-state index is 0.131. The number of hydrogen-bond acceptors (Lipinski definition) is 7. The van der Waals surface area contributed by atoms with E-state index in [1.54, 1.807) is 6.07 Å². The summed E-state index contributed by atoms with van der Waals surface area (Å²) in [6.45, 7) is 10.4. The molecule has 0 atom stereocenters. The summed E-state index contributed by atoms with van der Waals surface area (Å²) in [5, 5.41) is 11.7. The third-order valence-corrected chi connectivity index (χ3v) is 5.23. The Kier molecular flexibility index (Phi) is 18.3. The van der Waals surface area contributed by atoms with Gasteiger partial charge in [0.25, 0.3) is 0 Å². The first-order valence-corrected chi connectivity index (χ1v) is 13.1. The number of nitrogens with zero attached hydrogens (tertiary/aromatic N) is 6. The van der Waals surface area contributed by atoms with E-state index in [-0.39, 0.29) is 5.88 Å². The molecule has 10 nitrogen and oxygen atoms in total. The third-order valence-electron chi connectivity index (χ3n) is 5.23. The van der Waals surface area contributed by atoms with E-state index in [9.17, 15) is 0 Å². The number of unbranched alkanes of at least 4 members (excludes halogenated alkanes) is 8. The summed E-state index contributed by atoms with van der Waals surface area (Å²) in [6, 6.07) is 3.58. The molecule has 0 bridgehead atoms. The maximum absolute atomic E-state index is 8.29. The molecule has 0 heterocycles. The van der Waals surface area contributed by atoms with E-state index in [1.807, 2.05) is 6.07 Å². The van der Waals surface area contributed by atoms with Crippen LogP contribution in [0, 0.1) is 0 Å². The number of ether oxygens (including phenoxy) is 3. The van der Waals surface area contributed by atoms with Crippen LogP contribution in [0.4, 0.5) is 5.69 Å². The van der Waals surface area contributed by atoms with Crippen LogP contribution in [-0.2, 0) is 0 Å². The number of nitrogens with two attached hydrogens (primary N) is 1. The Balaban J connectivity index is 2.88. The molecule has 11 heteroatoms. The maximum atomic E-state index is 8.29. The molecule has 1 rings (SSSR count). The third kappa shape index (κ3) is 14.4. The van der Waals surface area contributed by atoms with Gasteiger partial charge in [-0.1, -0.05) is 5.11 Å². The summed E-state index contributed by atoms with van der Waals surface area (Å²) in [5.74, 6) is 1.70. The molecule has 0 aromatic heterocycles. The van der Waals surface area contributed by atoms with Crippen molar-refractivity contribution in [2.24, 2.45) is 25.9 Å². The number of azide groups is 1. The van der Waals surface area contributed by atoms with E-state index in [2.05, 4.69) is 45.6 Å². The van der Waals surface area contributed by atoms with Crippen molar-refractivity contribution in [1.82, 2.24) is 0 Å². The molecule has 1 aromatic carbocycles. The molecule has 0 radical (unpaired) electrons. The van der Waals surface area contributed by atoms with Crippen LogP contribution in [0.5, 0.6) is 17.2 Å². The average molecular weight is 499 g/mol. The molecule has 0 aliphatic carbocycles. The van der Waals surface area contributed by atoms with Crippen LogP contribution in [0.25, 0.3) is 10.4 Å². The van der Waals surface area contributed by atoms with Crippen LogP contribution in [0.2, 0.25) is 0 Å². The summed E-state index contributed by atoms with van der Waals surface area (Å²) >= 11 is 0. The number of benzene rings is 1. The summed E-state index contributed by atoms with van der Waals surface area (Å²) < 4.78 is 17.9. The zero-order valence-corrected chi connectivity index (χ0v) is 22.0. The number of rotatable bonds is 22. The molecule has 1 aromatic rings. The Morgan fingerprint density at radius 1 is 0.917 bits per heavy atom. The predicted molar refractivity (Wildman–Crippen MR) is 145 cm³/mol. The van der Waals surface area contributed by atoms with Gasteiger partial charge in [-0.2, -0.15) is 0 Å². The van der Waals surface area contributed by atoms with Gasteiger partial charge < -0.3 is 0 Å².